The Bertz CT molecular complexity index is 599. The van der Waals surface area contributed by atoms with Gasteiger partial charge in [0.25, 0.3) is 0 Å². The quantitative estimate of drug-likeness (QED) is 0.918. The molecule has 0 saturated carbocycles. The van der Waals surface area contributed by atoms with Gasteiger partial charge in [-0.05, 0) is 36.8 Å². The average molecular weight is 292 g/mol. The molecule has 20 heavy (non-hydrogen) atoms. The number of hydrogen-bond donors (Lipinski definition) is 1. The molecule has 0 amide bonds. The Morgan fingerprint density at radius 2 is 1.95 bits per heavy atom. The molecule has 1 N–H and O–H groups in total. The number of methoxy groups -OCH3 is 1. The van der Waals surface area contributed by atoms with Gasteiger partial charge in [-0.25, -0.2) is 0 Å². The van der Waals surface area contributed by atoms with Crippen LogP contribution in [0.1, 0.15) is 18.6 Å². The predicted octanol–water partition coefficient (Wildman–Crippen LogP) is 4.17. The van der Waals surface area contributed by atoms with Crippen LogP contribution in [0, 0.1) is 0 Å². The van der Waals surface area contributed by atoms with E-state index in [2.05, 4.69) is 0 Å². The number of nitrogens with zero attached hydrogens (tertiary/aromatic N) is 1. The van der Waals surface area contributed by atoms with E-state index >= 15 is 0 Å². The minimum Gasteiger partial charge on any atom is -0.497 e. The summed E-state index contributed by atoms with van der Waals surface area (Å²) < 4.78 is 5.23. The largest absolute Gasteiger partial charge is 0.497 e. The minimum absolute atomic E-state index is 0.524. The molecule has 0 bridgehead atoms. The van der Waals surface area contributed by atoms with E-state index in [4.69, 9.17) is 16.3 Å². The van der Waals surface area contributed by atoms with E-state index in [1.807, 2.05) is 48.3 Å². The fourth-order valence-electron chi connectivity index (χ4n) is 2.01. The molecule has 2 aromatic carbocycles. The maximum Gasteiger partial charge on any atom is 0.120 e. The molecule has 106 valence electrons. The smallest absolute Gasteiger partial charge is 0.120 e. The molecule has 0 fully saturated rings. The fourth-order valence-corrected chi connectivity index (χ4v) is 2.33. The molecule has 0 aliphatic carbocycles. The molecule has 0 heterocycles. The third kappa shape index (κ3) is 3.06. The van der Waals surface area contributed by atoms with Gasteiger partial charge in [0.1, 0.15) is 5.75 Å². The Kier molecular flexibility index (Phi) is 4.53. The highest BCUT2D eigenvalue weighted by atomic mass is 35.5. The molecule has 1 atom stereocenters. The first kappa shape index (κ1) is 14.7. The number of benzene rings is 2. The number of anilines is 2. The third-order valence-corrected chi connectivity index (χ3v) is 3.56. The van der Waals surface area contributed by atoms with Crippen molar-refractivity contribution < 1.29 is 9.84 Å². The zero-order valence-electron chi connectivity index (χ0n) is 11.8. The molecule has 0 aliphatic rings. The number of ether oxygens (including phenoxy) is 1. The Labute approximate surface area is 124 Å². The van der Waals surface area contributed by atoms with Crippen LogP contribution in [0.15, 0.2) is 42.5 Å². The zero-order valence-corrected chi connectivity index (χ0v) is 12.6. The van der Waals surface area contributed by atoms with E-state index in [-0.39, 0.29) is 0 Å². The maximum atomic E-state index is 9.57. The molecule has 0 aliphatic heterocycles. The molecule has 0 aromatic heterocycles. The van der Waals surface area contributed by atoms with Crippen molar-refractivity contribution in [2.75, 3.05) is 19.1 Å². The molecule has 2 rings (SSSR count). The monoisotopic (exact) mass is 291 g/mol. The van der Waals surface area contributed by atoms with Crippen LogP contribution in [0.25, 0.3) is 0 Å². The van der Waals surface area contributed by atoms with Gasteiger partial charge in [0.15, 0.2) is 0 Å². The van der Waals surface area contributed by atoms with Gasteiger partial charge in [0.05, 0.1) is 23.9 Å². The zero-order chi connectivity index (χ0) is 14.7. The standard InChI is InChI=1S/C16H18ClNO2/c1-11(19)12-7-8-16(15(17)9-12)18(2)13-5-4-6-14(10-13)20-3/h4-11,19H,1-3H3. The number of hydrogen-bond acceptors (Lipinski definition) is 3. The molecule has 4 heteroatoms. The second kappa shape index (κ2) is 6.16. The summed E-state index contributed by atoms with van der Waals surface area (Å²) in [6, 6.07) is 13.3. The number of halogens is 1. The Hall–Kier alpha value is -1.71. The summed E-state index contributed by atoms with van der Waals surface area (Å²) >= 11 is 6.31. The first-order valence-electron chi connectivity index (χ1n) is 6.38. The first-order valence-corrected chi connectivity index (χ1v) is 6.76. The van der Waals surface area contributed by atoms with E-state index in [1.54, 1.807) is 20.1 Å². The second-order valence-corrected chi connectivity index (χ2v) is 5.05. The second-order valence-electron chi connectivity index (χ2n) is 4.65. The molecule has 0 radical (unpaired) electrons. The predicted molar refractivity (Wildman–Crippen MR) is 83.1 cm³/mol. The summed E-state index contributed by atoms with van der Waals surface area (Å²) in [5.74, 6) is 0.797. The van der Waals surface area contributed by atoms with Crippen molar-refractivity contribution in [2.45, 2.75) is 13.0 Å². The van der Waals surface area contributed by atoms with Crippen molar-refractivity contribution in [3.8, 4) is 5.75 Å². The highest BCUT2D eigenvalue weighted by Crippen LogP contribution is 2.33. The van der Waals surface area contributed by atoms with Gasteiger partial charge in [0.2, 0.25) is 0 Å². The van der Waals surface area contributed by atoms with E-state index in [1.165, 1.54) is 0 Å². The highest BCUT2D eigenvalue weighted by Gasteiger charge is 2.11. The molecule has 2 aromatic rings. The van der Waals surface area contributed by atoms with Crippen LogP contribution in [0.5, 0.6) is 5.75 Å². The summed E-state index contributed by atoms with van der Waals surface area (Å²) in [7, 11) is 3.58. The number of rotatable bonds is 4. The summed E-state index contributed by atoms with van der Waals surface area (Å²) in [6.07, 6.45) is -0.524. The third-order valence-electron chi connectivity index (χ3n) is 3.26. The lowest BCUT2D eigenvalue weighted by molar-refractivity contribution is 0.199. The normalized spacial score (nSPS) is 12.1. The Morgan fingerprint density at radius 3 is 2.55 bits per heavy atom. The molecule has 0 saturated heterocycles. The molecular weight excluding hydrogens is 274 g/mol. The summed E-state index contributed by atoms with van der Waals surface area (Å²) in [6.45, 7) is 1.72. The van der Waals surface area contributed by atoms with Crippen LogP contribution < -0.4 is 9.64 Å². The lowest BCUT2D eigenvalue weighted by Crippen LogP contribution is -2.10. The van der Waals surface area contributed by atoms with E-state index in [0.717, 1.165) is 22.7 Å². The lowest BCUT2D eigenvalue weighted by atomic mass is 10.1. The van der Waals surface area contributed by atoms with Crippen LogP contribution in [0.2, 0.25) is 5.02 Å². The number of aliphatic hydroxyl groups excluding tert-OH is 1. The van der Waals surface area contributed by atoms with Crippen LogP contribution >= 0.6 is 11.6 Å². The van der Waals surface area contributed by atoms with Crippen molar-refractivity contribution in [2.24, 2.45) is 0 Å². The summed E-state index contributed by atoms with van der Waals surface area (Å²) in [5, 5.41) is 10.2. The van der Waals surface area contributed by atoms with Crippen molar-refractivity contribution in [1.29, 1.82) is 0 Å². The van der Waals surface area contributed by atoms with Gasteiger partial charge in [-0.15, -0.1) is 0 Å². The highest BCUT2D eigenvalue weighted by molar-refractivity contribution is 6.33. The summed E-state index contributed by atoms with van der Waals surface area (Å²) in [4.78, 5) is 1.98. The van der Waals surface area contributed by atoms with E-state index < -0.39 is 6.10 Å². The SMILES string of the molecule is COc1cccc(N(C)c2ccc(C(C)O)cc2Cl)c1. The Morgan fingerprint density at radius 1 is 1.20 bits per heavy atom. The molecular formula is C16H18ClNO2. The topological polar surface area (TPSA) is 32.7 Å². The van der Waals surface area contributed by atoms with Crippen LogP contribution in [0.4, 0.5) is 11.4 Å². The Balaban J connectivity index is 2.35. The van der Waals surface area contributed by atoms with E-state index in [0.29, 0.717) is 5.02 Å². The summed E-state index contributed by atoms with van der Waals surface area (Å²) in [5.41, 5.74) is 2.66. The van der Waals surface area contributed by atoms with Crippen molar-refractivity contribution in [1.82, 2.24) is 0 Å². The van der Waals surface area contributed by atoms with Gasteiger partial charge in [-0.3, -0.25) is 0 Å². The van der Waals surface area contributed by atoms with E-state index in [9.17, 15) is 5.11 Å². The van der Waals surface area contributed by atoms with Gasteiger partial charge in [-0.2, -0.15) is 0 Å². The average Bonchev–Trinajstić information content (AvgIpc) is 2.46. The van der Waals surface area contributed by atoms with Gasteiger partial charge >= 0.3 is 0 Å². The lowest BCUT2D eigenvalue weighted by Gasteiger charge is -2.22. The molecule has 0 spiro atoms. The van der Waals surface area contributed by atoms with Gasteiger partial charge in [-0.1, -0.05) is 23.7 Å². The fraction of sp³-hybridized carbons (Fsp3) is 0.250. The van der Waals surface area contributed by atoms with Gasteiger partial charge in [0, 0.05) is 18.8 Å². The van der Waals surface area contributed by atoms with Crippen LogP contribution in [0.3, 0.4) is 0 Å². The van der Waals surface area contributed by atoms with Crippen LogP contribution in [-0.4, -0.2) is 19.3 Å². The number of aliphatic hydroxyl groups is 1. The first-order chi connectivity index (χ1) is 9.52. The van der Waals surface area contributed by atoms with Crippen molar-refractivity contribution in [3.05, 3.63) is 53.1 Å². The van der Waals surface area contributed by atoms with Crippen molar-refractivity contribution in [3.63, 3.8) is 0 Å². The molecule has 3 nitrogen and oxygen atoms in total. The van der Waals surface area contributed by atoms with Crippen molar-refractivity contribution >= 4 is 23.0 Å². The molecule has 1 unspecified atom stereocenters. The minimum atomic E-state index is -0.524. The van der Waals surface area contributed by atoms with Gasteiger partial charge < -0.3 is 14.7 Å². The maximum absolute atomic E-state index is 9.57. The van der Waals surface area contributed by atoms with Crippen LogP contribution in [-0.2, 0) is 0 Å².